The van der Waals surface area contributed by atoms with Crippen molar-refractivity contribution in [3.05, 3.63) is 30.1 Å². The van der Waals surface area contributed by atoms with E-state index in [1.165, 1.54) is 6.07 Å². The minimum Gasteiger partial charge on any atom is -0.366 e. The van der Waals surface area contributed by atoms with Crippen molar-refractivity contribution in [2.75, 3.05) is 31.1 Å². The molecule has 0 atom stereocenters. The number of hydrazine groups is 1. The van der Waals surface area contributed by atoms with Gasteiger partial charge in [-0.25, -0.2) is 15.2 Å². The standard InChI is InChI=1S/C14H22FN5/c1-11(2)17-14(18-16)20-9-7-19(8-10-20)13-6-4-3-5-12(13)15/h3-6,11H,7-10,16H2,1-2H3,(H,17,18). The van der Waals surface area contributed by atoms with Gasteiger partial charge < -0.3 is 9.80 Å². The summed E-state index contributed by atoms with van der Waals surface area (Å²) < 4.78 is 13.8. The molecule has 0 spiro atoms. The quantitative estimate of drug-likeness (QED) is 0.369. The average molecular weight is 279 g/mol. The van der Waals surface area contributed by atoms with Gasteiger partial charge in [-0.3, -0.25) is 5.43 Å². The molecule has 1 aliphatic rings. The lowest BCUT2D eigenvalue weighted by Gasteiger charge is -2.37. The van der Waals surface area contributed by atoms with Crippen LogP contribution < -0.4 is 16.2 Å². The number of nitrogens with zero attached hydrogens (tertiary/aromatic N) is 3. The fraction of sp³-hybridized carbons (Fsp3) is 0.500. The highest BCUT2D eigenvalue weighted by molar-refractivity contribution is 5.79. The third kappa shape index (κ3) is 3.39. The molecule has 1 aliphatic heterocycles. The van der Waals surface area contributed by atoms with Crippen molar-refractivity contribution in [1.29, 1.82) is 0 Å². The monoisotopic (exact) mass is 279 g/mol. The lowest BCUT2D eigenvalue weighted by Crippen LogP contribution is -2.54. The van der Waals surface area contributed by atoms with E-state index >= 15 is 0 Å². The van der Waals surface area contributed by atoms with Crippen LogP contribution >= 0.6 is 0 Å². The Kier molecular flexibility index (Phi) is 4.79. The van der Waals surface area contributed by atoms with Gasteiger partial charge >= 0.3 is 0 Å². The van der Waals surface area contributed by atoms with Crippen LogP contribution in [-0.4, -0.2) is 43.1 Å². The first-order chi connectivity index (χ1) is 9.61. The molecule has 110 valence electrons. The first-order valence-electron chi connectivity index (χ1n) is 6.90. The maximum atomic E-state index is 13.8. The Morgan fingerprint density at radius 1 is 1.25 bits per heavy atom. The van der Waals surface area contributed by atoms with E-state index in [1.807, 2.05) is 26.0 Å². The van der Waals surface area contributed by atoms with Crippen LogP contribution in [0.1, 0.15) is 13.8 Å². The lowest BCUT2D eigenvalue weighted by atomic mass is 10.2. The highest BCUT2D eigenvalue weighted by Gasteiger charge is 2.21. The maximum absolute atomic E-state index is 13.8. The van der Waals surface area contributed by atoms with E-state index in [2.05, 4.69) is 20.2 Å². The molecule has 1 aromatic carbocycles. The molecule has 0 saturated carbocycles. The predicted octanol–water partition coefficient (Wildman–Crippen LogP) is 1.18. The second kappa shape index (κ2) is 6.56. The van der Waals surface area contributed by atoms with Gasteiger partial charge in [0.05, 0.1) is 5.69 Å². The molecular formula is C14H22FN5. The van der Waals surface area contributed by atoms with Crippen molar-refractivity contribution in [3.63, 3.8) is 0 Å². The van der Waals surface area contributed by atoms with Crippen molar-refractivity contribution < 1.29 is 4.39 Å². The maximum Gasteiger partial charge on any atom is 0.208 e. The molecule has 0 amide bonds. The van der Waals surface area contributed by atoms with Gasteiger partial charge in [0, 0.05) is 32.2 Å². The Morgan fingerprint density at radius 2 is 1.90 bits per heavy atom. The van der Waals surface area contributed by atoms with Crippen molar-refractivity contribution in [1.82, 2.24) is 10.3 Å². The summed E-state index contributed by atoms with van der Waals surface area (Å²) in [6.45, 7) is 7.05. The molecule has 2 rings (SSSR count). The smallest absolute Gasteiger partial charge is 0.208 e. The van der Waals surface area contributed by atoms with E-state index < -0.39 is 0 Å². The van der Waals surface area contributed by atoms with E-state index in [9.17, 15) is 4.39 Å². The molecule has 20 heavy (non-hydrogen) atoms. The molecule has 5 nitrogen and oxygen atoms in total. The van der Waals surface area contributed by atoms with Gasteiger partial charge in [0.25, 0.3) is 0 Å². The predicted molar refractivity (Wildman–Crippen MR) is 80.1 cm³/mol. The van der Waals surface area contributed by atoms with Crippen molar-refractivity contribution >= 4 is 11.6 Å². The molecule has 0 bridgehead atoms. The van der Waals surface area contributed by atoms with Crippen LogP contribution in [0.5, 0.6) is 0 Å². The van der Waals surface area contributed by atoms with E-state index in [-0.39, 0.29) is 11.9 Å². The number of anilines is 1. The largest absolute Gasteiger partial charge is 0.366 e. The molecule has 1 saturated heterocycles. The van der Waals surface area contributed by atoms with E-state index in [1.54, 1.807) is 6.07 Å². The lowest BCUT2D eigenvalue weighted by molar-refractivity contribution is 0.369. The zero-order valence-corrected chi connectivity index (χ0v) is 12.0. The highest BCUT2D eigenvalue weighted by Crippen LogP contribution is 2.20. The molecule has 0 aliphatic carbocycles. The van der Waals surface area contributed by atoms with Gasteiger partial charge in [-0.2, -0.15) is 0 Å². The fourth-order valence-corrected chi connectivity index (χ4v) is 2.32. The first-order valence-corrected chi connectivity index (χ1v) is 6.90. The molecule has 6 heteroatoms. The van der Waals surface area contributed by atoms with Crippen LogP contribution in [0, 0.1) is 5.82 Å². The zero-order chi connectivity index (χ0) is 14.5. The number of hydrogen-bond acceptors (Lipinski definition) is 3. The van der Waals surface area contributed by atoms with Gasteiger partial charge in [-0.15, -0.1) is 0 Å². The second-order valence-corrected chi connectivity index (χ2v) is 5.12. The van der Waals surface area contributed by atoms with Crippen LogP contribution in [-0.2, 0) is 0 Å². The zero-order valence-electron chi connectivity index (χ0n) is 12.0. The second-order valence-electron chi connectivity index (χ2n) is 5.12. The van der Waals surface area contributed by atoms with Gasteiger partial charge in [0.1, 0.15) is 5.82 Å². The molecule has 0 radical (unpaired) electrons. The molecule has 3 N–H and O–H groups in total. The Morgan fingerprint density at radius 3 is 2.45 bits per heavy atom. The summed E-state index contributed by atoms with van der Waals surface area (Å²) in [7, 11) is 0. The molecular weight excluding hydrogens is 257 g/mol. The molecule has 0 aromatic heterocycles. The molecule has 0 unspecified atom stereocenters. The van der Waals surface area contributed by atoms with Crippen molar-refractivity contribution in [2.45, 2.75) is 19.9 Å². The summed E-state index contributed by atoms with van der Waals surface area (Å²) >= 11 is 0. The van der Waals surface area contributed by atoms with E-state index in [4.69, 9.17) is 5.84 Å². The van der Waals surface area contributed by atoms with Gasteiger partial charge in [-0.1, -0.05) is 12.1 Å². The summed E-state index contributed by atoms with van der Waals surface area (Å²) in [5, 5.41) is 0. The first kappa shape index (κ1) is 14.6. The number of aliphatic imine (C=N–C) groups is 1. The summed E-state index contributed by atoms with van der Waals surface area (Å²) in [6, 6.07) is 7.06. The summed E-state index contributed by atoms with van der Waals surface area (Å²) in [5.41, 5.74) is 3.31. The number of benzene rings is 1. The van der Waals surface area contributed by atoms with Crippen LogP contribution in [0.3, 0.4) is 0 Å². The van der Waals surface area contributed by atoms with Crippen LogP contribution in [0.4, 0.5) is 10.1 Å². The number of halogens is 1. The number of para-hydroxylation sites is 1. The summed E-state index contributed by atoms with van der Waals surface area (Å²) in [6.07, 6.45) is 0. The highest BCUT2D eigenvalue weighted by atomic mass is 19.1. The molecule has 1 aromatic rings. The van der Waals surface area contributed by atoms with Gasteiger partial charge in [0.15, 0.2) is 0 Å². The van der Waals surface area contributed by atoms with Crippen LogP contribution in [0.25, 0.3) is 0 Å². The normalized spacial score (nSPS) is 16.8. The number of nitrogens with one attached hydrogen (secondary N) is 1. The number of piperazine rings is 1. The van der Waals surface area contributed by atoms with E-state index in [0.29, 0.717) is 11.6 Å². The third-order valence-corrected chi connectivity index (χ3v) is 3.28. The minimum atomic E-state index is -0.172. The minimum absolute atomic E-state index is 0.172. The topological polar surface area (TPSA) is 56.9 Å². The number of guanidine groups is 1. The Balaban J connectivity index is 2.01. The Hall–Kier alpha value is -1.82. The SMILES string of the molecule is CC(C)N=C(NN)N1CCN(c2ccccc2F)CC1. The summed E-state index contributed by atoms with van der Waals surface area (Å²) in [4.78, 5) is 8.59. The van der Waals surface area contributed by atoms with Gasteiger partial charge in [-0.05, 0) is 26.0 Å². The average Bonchev–Trinajstić information content (AvgIpc) is 2.45. The van der Waals surface area contributed by atoms with Crippen molar-refractivity contribution in [3.8, 4) is 0 Å². The number of hydrogen-bond donors (Lipinski definition) is 2. The summed E-state index contributed by atoms with van der Waals surface area (Å²) in [5.74, 6) is 6.06. The Labute approximate surface area is 119 Å². The Bertz CT molecular complexity index is 466. The number of rotatable bonds is 2. The number of nitrogens with two attached hydrogens (primary N) is 1. The van der Waals surface area contributed by atoms with Gasteiger partial charge in [0.2, 0.25) is 5.96 Å². The fourth-order valence-electron chi connectivity index (χ4n) is 2.32. The molecule has 1 heterocycles. The van der Waals surface area contributed by atoms with E-state index in [0.717, 1.165) is 26.2 Å². The van der Waals surface area contributed by atoms with Crippen LogP contribution in [0.2, 0.25) is 0 Å². The van der Waals surface area contributed by atoms with Crippen LogP contribution in [0.15, 0.2) is 29.3 Å². The van der Waals surface area contributed by atoms with Crippen molar-refractivity contribution in [2.24, 2.45) is 10.8 Å². The third-order valence-electron chi connectivity index (χ3n) is 3.28. The molecule has 1 fully saturated rings.